The zero-order valence-corrected chi connectivity index (χ0v) is 10.9. The van der Waals surface area contributed by atoms with E-state index in [9.17, 15) is 4.79 Å². The molecule has 2 aromatic heterocycles. The molecule has 4 heteroatoms. The largest absolute Gasteiger partial charge is 0.469 e. The fourth-order valence-electron chi connectivity index (χ4n) is 2.46. The number of carbonyl (C=O) groups excluding carboxylic acids is 1. The van der Waals surface area contributed by atoms with Gasteiger partial charge in [-0.25, -0.2) is 0 Å². The number of aromatic nitrogens is 2. The van der Waals surface area contributed by atoms with Crippen molar-refractivity contribution >= 4 is 27.8 Å². The van der Waals surface area contributed by atoms with Crippen molar-refractivity contribution in [2.24, 2.45) is 7.05 Å². The van der Waals surface area contributed by atoms with Gasteiger partial charge in [-0.2, -0.15) is 0 Å². The smallest absolute Gasteiger partial charge is 0.309 e. The van der Waals surface area contributed by atoms with Gasteiger partial charge in [0.15, 0.2) is 0 Å². The normalized spacial score (nSPS) is 11.1. The molecule has 0 saturated carbocycles. The molecule has 0 saturated heterocycles. The van der Waals surface area contributed by atoms with Gasteiger partial charge in [0.2, 0.25) is 0 Å². The Morgan fingerprint density at radius 3 is 2.84 bits per heavy atom. The Balaban J connectivity index is 2.22. The molecule has 0 spiro atoms. The second-order valence-electron chi connectivity index (χ2n) is 4.56. The number of ether oxygens (including phenoxy) is 1. The minimum absolute atomic E-state index is 0.224. The van der Waals surface area contributed by atoms with Crippen molar-refractivity contribution in [1.29, 1.82) is 0 Å². The zero-order chi connectivity index (χ0) is 13.4. The van der Waals surface area contributed by atoms with Gasteiger partial charge < -0.3 is 9.30 Å². The number of fused-ring (bicyclic) bond motifs is 3. The molecule has 96 valence electrons. The third kappa shape index (κ3) is 1.85. The molecule has 0 N–H and O–H groups in total. The van der Waals surface area contributed by atoms with Crippen LogP contribution in [0.2, 0.25) is 0 Å². The Labute approximate surface area is 110 Å². The standard InChI is InChI=1S/C15H14N2O2/c1-17-13-4-3-10(8-15(18)19-2)7-11(13)12-9-16-6-5-14(12)17/h3-7,9H,8H2,1-2H3. The van der Waals surface area contributed by atoms with Gasteiger partial charge in [-0.05, 0) is 23.8 Å². The predicted octanol–water partition coefficient (Wildman–Crippen LogP) is 2.44. The average Bonchev–Trinajstić information content (AvgIpc) is 2.73. The molecule has 0 atom stereocenters. The number of rotatable bonds is 2. The van der Waals surface area contributed by atoms with Gasteiger partial charge in [-0.3, -0.25) is 9.78 Å². The Kier molecular flexibility index (Phi) is 2.71. The zero-order valence-electron chi connectivity index (χ0n) is 10.9. The van der Waals surface area contributed by atoms with E-state index in [1.807, 2.05) is 37.5 Å². The summed E-state index contributed by atoms with van der Waals surface area (Å²) in [4.78, 5) is 15.5. The number of methoxy groups -OCH3 is 1. The third-order valence-corrected chi connectivity index (χ3v) is 3.45. The molecule has 0 aliphatic carbocycles. The van der Waals surface area contributed by atoms with Gasteiger partial charge in [0.05, 0.1) is 19.0 Å². The van der Waals surface area contributed by atoms with Crippen LogP contribution in [-0.4, -0.2) is 22.6 Å². The molecule has 4 nitrogen and oxygen atoms in total. The van der Waals surface area contributed by atoms with Crippen molar-refractivity contribution in [2.45, 2.75) is 6.42 Å². The first-order valence-electron chi connectivity index (χ1n) is 6.08. The molecule has 0 amide bonds. The molecule has 1 aromatic carbocycles. The first kappa shape index (κ1) is 11.7. The van der Waals surface area contributed by atoms with Crippen LogP contribution >= 0.6 is 0 Å². The topological polar surface area (TPSA) is 44.1 Å². The first-order valence-corrected chi connectivity index (χ1v) is 6.08. The van der Waals surface area contributed by atoms with E-state index in [0.29, 0.717) is 6.42 Å². The maximum absolute atomic E-state index is 11.3. The van der Waals surface area contributed by atoms with Crippen LogP contribution in [0, 0.1) is 0 Å². The second-order valence-corrected chi connectivity index (χ2v) is 4.56. The summed E-state index contributed by atoms with van der Waals surface area (Å²) in [5, 5.41) is 2.22. The molecule has 0 unspecified atom stereocenters. The van der Waals surface area contributed by atoms with E-state index in [2.05, 4.69) is 9.55 Å². The van der Waals surface area contributed by atoms with Crippen molar-refractivity contribution in [3.8, 4) is 0 Å². The molecule has 0 aliphatic heterocycles. The monoisotopic (exact) mass is 254 g/mol. The molecule has 19 heavy (non-hydrogen) atoms. The Bertz CT molecular complexity index is 774. The summed E-state index contributed by atoms with van der Waals surface area (Å²) < 4.78 is 6.84. The highest BCUT2D eigenvalue weighted by Crippen LogP contribution is 2.28. The Morgan fingerprint density at radius 2 is 2.05 bits per heavy atom. The number of aryl methyl sites for hydroxylation is 1. The summed E-state index contributed by atoms with van der Waals surface area (Å²) in [6.07, 6.45) is 3.94. The van der Waals surface area contributed by atoms with Crippen LogP contribution in [0.15, 0.2) is 36.7 Å². The lowest BCUT2D eigenvalue weighted by atomic mass is 10.1. The van der Waals surface area contributed by atoms with Crippen LogP contribution in [0.4, 0.5) is 0 Å². The van der Waals surface area contributed by atoms with Crippen LogP contribution in [0.25, 0.3) is 21.8 Å². The van der Waals surface area contributed by atoms with E-state index in [1.54, 1.807) is 6.20 Å². The fraction of sp³-hybridized carbons (Fsp3) is 0.200. The lowest BCUT2D eigenvalue weighted by Crippen LogP contribution is -2.04. The number of benzene rings is 1. The molecular formula is C15H14N2O2. The predicted molar refractivity (Wildman–Crippen MR) is 73.9 cm³/mol. The number of carbonyl (C=O) groups is 1. The second kappa shape index (κ2) is 4.39. The highest BCUT2D eigenvalue weighted by atomic mass is 16.5. The minimum Gasteiger partial charge on any atom is -0.469 e. The SMILES string of the molecule is COC(=O)Cc1ccc2c(c1)c1cnccc1n2C. The number of esters is 1. The molecule has 0 fully saturated rings. The maximum Gasteiger partial charge on any atom is 0.309 e. The van der Waals surface area contributed by atoms with E-state index in [0.717, 1.165) is 27.4 Å². The van der Waals surface area contributed by atoms with Crippen LogP contribution in [0.1, 0.15) is 5.56 Å². The van der Waals surface area contributed by atoms with E-state index in [4.69, 9.17) is 4.74 Å². The van der Waals surface area contributed by atoms with Crippen molar-refractivity contribution < 1.29 is 9.53 Å². The van der Waals surface area contributed by atoms with E-state index in [-0.39, 0.29) is 5.97 Å². The molecule has 3 rings (SSSR count). The quantitative estimate of drug-likeness (QED) is 0.660. The van der Waals surface area contributed by atoms with Gasteiger partial charge in [0.1, 0.15) is 0 Å². The highest BCUT2D eigenvalue weighted by Gasteiger charge is 2.10. The summed E-state index contributed by atoms with van der Waals surface area (Å²) in [6.45, 7) is 0. The van der Waals surface area contributed by atoms with Gasteiger partial charge in [-0.15, -0.1) is 0 Å². The van der Waals surface area contributed by atoms with Crippen molar-refractivity contribution in [3.63, 3.8) is 0 Å². The summed E-state index contributed by atoms with van der Waals surface area (Å²) >= 11 is 0. The summed E-state index contributed by atoms with van der Waals surface area (Å²) in [7, 11) is 3.44. The summed E-state index contributed by atoms with van der Waals surface area (Å²) in [6, 6.07) is 8.03. The van der Waals surface area contributed by atoms with E-state index < -0.39 is 0 Å². The molecule has 2 heterocycles. The molecular weight excluding hydrogens is 240 g/mol. The van der Waals surface area contributed by atoms with Crippen LogP contribution in [0.5, 0.6) is 0 Å². The molecule has 0 bridgehead atoms. The number of hydrogen-bond acceptors (Lipinski definition) is 3. The minimum atomic E-state index is -0.224. The van der Waals surface area contributed by atoms with Gasteiger partial charge in [0, 0.05) is 35.7 Å². The maximum atomic E-state index is 11.3. The lowest BCUT2D eigenvalue weighted by molar-refractivity contribution is -0.139. The van der Waals surface area contributed by atoms with E-state index >= 15 is 0 Å². The van der Waals surface area contributed by atoms with Gasteiger partial charge in [-0.1, -0.05) is 6.07 Å². The lowest BCUT2D eigenvalue weighted by Gasteiger charge is -2.01. The fourth-order valence-corrected chi connectivity index (χ4v) is 2.46. The molecule has 3 aromatic rings. The third-order valence-electron chi connectivity index (χ3n) is 3.45. The Morgan fingerprint density at radius 1 is 1.26 bits per heavy atom. The first-order chi connectivity index (χ1) is 9.20. The summed E-state index contributed by atoms with van der Waals surface area (Å²) in [5.74, 6) is -0.224. The van der Waals surface area contributed by atoms with Crippen LogP contribution < -0.4 is 0 Å². The Hall–Kier alpha value is -2.36. The van der Waals surface area contributed by atoms with Crippen LogP contribution in [0.3, 0.4) is 0 Å². The number of nitrogens with zero attached hydrogens (tertiary/aromatic N) is 2. The van der Waals surface area contributed by atoms with Crippen molar-refractivity contribution in [3.05, 3.63) is 42.2 Å². The van der Waals surface area contributed by atoms with Crippen LogP contribution in [-0.2, 0) is 23.0 Å². The van der Waals surface area contributed by atoms with Crippen molar-refractivity contribution in [2.75, 3.05) is 7.11 Å². The number of pyridine rings is 1. The highest BCUT2D eigenvalue weighted by molar-refractivity contribution is 6.07. The molecule has 0 aliphatic rings. The summed E-state index contributed by atoms with van der Waals surface area (Å²) in [5.41, 5.74) is 3.23. The van der Waals surface area contributed by atoms with E-state index in [1.165, 1.54) is 7.11 Å². The number of hydrogen-bond donors (Lipinski definition) is 0. The van der Waals surface area contributed by atoms with Crippen molar-refractivity contribution in [1.82, 2.24) is 9.55 Å². The van der Waals surface area contributed by atoms with Gasteiger partial charge >= 0.3 is 5.97 Å². The molecule has 0 radical (unpaired) electrons. The average molecular weight is 254 g/mol. The van der Waals surface area contributed by atoms with Gasteiger partial charge in [0.25, 0.3) is 0 Å².